The third-order valence-electron chi connectivity index (χ3n) is 3.56. The van der Waals surface area contributed by atoms with E-state index in [-0.39, 0.29) is 0 Å². The quantitative estimate of drug-likeness (QED) is 0.527. The average Bonchev–Trinajstić information content (AvgIpc) is 3.02. The number of nitrogens with zero attached hydrogens (tertiary/aromatic N) is 1. The summed E-state index contributed by atoms with van der Waals surface area (Å²) in [6.45, 7) is 2.78. The maximum atomic E-state index is 5.82. The highest BCUT2D eigenvalue weighted by Crippen LogP contribution is 2.24. The van der Waals surface area contributed by atoms with Gasteiger partial charge in [-0.25, -0.2) is 4.98 Å². The van der Waals surface area contributed by atoms with E-state index in [1.807, 2.05) is 36.4 Å². The SMILES string of the molecule is Cc1ccc(OCCCc2nc(-c3cccc(N)c3)cs2)cc1. The Morgan fingerprint density at radius 3 is 2.74 bits per heavy atom. The lowest BCUT2D eigenvalue weighted by Gasteiger charge is -2.05. The van der Waals surface area contributed by atoms with Crippen molar-refractivity contribution >= 4 is 17.0 Å². The second kappa shape index (κ2) is 7.29. The molecule has 0 unspecified atom stereocenters. The normalized spacial score (nSPS) is 10.7. The molecule has 0 spiro atoms. The Bertz CT molecular complexity index is 765. The Labute approximate surface area is 140 Å². The van der Waals surface area contributed by atoms with E-state index < -0.39 is 0 Å². The molecule has 0 amide bonds. The van der Waals surface area contributed by atoms with Crippen LogP contribution in [-0.4, -0.2) is 11.6 Å². The molecular weight excluding hydrogens is 304 g/mol. The van der Waals surface area contributed by atoms with Crippen LogP contribution in [0.4, 0.5) is 5.69 Å². The van der Waals surface area contributed by atoms with Crippen LogP contribution in [0.2, 0.25) is 0 Å². The van der Waals surface area contributed by atoms with Gasteiger partial charge in [0.25, 0.3) is 0 Å². The number of nitrogens with two attached hydrogens (primary N) is 1. The molecule has 0 aliphatic rings. The first-order valence-corrected chi connectivity index (χ1v) is 8.58. The zero-order valence-corrected chi connectivity index (χ0v) is 14.0. The van der Waals surface area contributed by atoms with Crippen molar-refractivity contribution in [3.05, 3.63) is 64.5 Å². The number of ether oxygens (including phenoxy) is 1. The molecule has 118 valence electrons. The summed E-state index contributed by atoms with van der Waals surface area (Å²) in [5.41, 5.74) is 9.91. The van der Waals surface area contributed by atoms with Crippen molar-refractivity contribution in [3.8, 4) is 17.0 Å². The molecule has 2 N–H and O–H groups in total. The van der Waals surface area contributed by atoms with Crippen LogP contribution in [0.3, 0.4) is 0 Å². The molecule has 3 nitrogen and oxygen atoms in total. The minimum atomic E-state index is 0.705. The molecule has 2 aromatic carbocycles. The fraction of sp³-hybridized carbons (Fsp3) is 0.211. The van der Waals surface area contributed by atoms with Gasteiger partial charge in [-0.2, -0.15) is 0 Å². The summed E-state index contributed by atoms with van der Waals surface area (Å²) in [5, 5.41) is 3.22. The highest BCUT2D eigenvalue weighted by Gasteiger charge is 2.05. The number of hydrogen-bond acceptors (Lipinski definition) is 4. The summed E-state index contributed by atoms with van der Waals surface area (Å²) in [6, 6.07) is 16.0. The summed E-state index contributed by atoms with van der Waals surface area (Å²) in [6.07, 6.45) is 1.89. The molecule has 0 aliphatic carbocycles. The Balaban J connectivity index is 1.50. The molecule has 23 heavy (non-hydrogen) atoms. The van der Waals surface area contributed by atoms with Gasteiger partial charge in [0.1, 0.15) is 5.75 Å². The molecule has 3 aromatic rings. The lowest BCUT2D eigenvalue weighted by atomic mass is 10.1. The fourth-order valence-corrected chi connectivity index (χ4v) is 3.15. The van der Waals surface area contributed by atoms with Gasteiger partial charge in [0.05, 0.1) is 17.3 Å². The molecule has 0 fully saturated rings. The number of anilines is 1. The standard InChI is InChI=1S/C19H20N2OS/c1-14-7-9-17(10-8-14)22-11-3-6-19-21-18(13-23-19)15-4-2-5-16(20)12-15/h2,4-5,7-10,12-13H,3,6,11,20H2,1H3. The first kappa shape index (κ1) is 15.6. The fourth-order valence-electron chi connectivity index (χ4n) is 2.30. The number of aromatic nitrogens is 1. The van der Waals surface area contributed by atoms with E-state index in [2.05, 4.69) is 29.4 Å². The van der Waals surface area contributed by atoms with Crippen molar-refractivity contribution in [2.45, 2.75) is 19.8 Å². The molecule has 0 aliphatic heterocycles. The van der Waals surface area contributed by atoms with E-state index in [9.17, 15) is 0 Å². The Hall–Kier alpha value is -2.33. The molecule has 4 heteroatoms. The van der Waals surface area contributed by atoms with Gasteiger partial charge in [-0.05, 0) is 37.6 Å². The second-order valence-electron chi connectivity index (χ2n) is 5.52. The molecule has 0 radical (unpaired) electrons. The molecule has 0 saturated carbocycles. The third-order valence-corrected chi connectivity index (χ3v) is 4.47. The van der Waals surface area contributed by atoms with Gasteiger partial charge < -0.3 is 10.5 Å². The van der Waals surface area contributed by atoms with Crippen molar-refractivity contribution in [1.82, 2.24) is 4.98 Å². The number of aryl methyl sites for hydroxylation is 2. The zero-order valence-electron chi connectivity index (χ0n) is 13.2. The van der Waals surface area contributed by atoms with Crippen molar-refractivity contribution in [2.75, 3.05) is 12.3 Å². The van der Waals surface area contributed by atoms with Gasteiger partial charge in [-0.3, -0.25) is 0 Å². The molecule has 0 atom stereocenters. The lowest BCUT2D eigenvalue weighted by molar-refractivity contribution is 0.311. The summed E-state index contributed by atoms with van der Waals surface area (Å²) in [5.74, 6) is 0.926. The van der Waals surface area contributed by atoms with E-state index >= 15 is 0 Å². The van der Waals surface area contributed by atoms with E-state index in [1.165, 1.54) is 5.56 Å². The average molecular weight is 324 g/mol. The Morgan fingerprint density at radius 2 is 1.96 bits per heavy atom. The first-order chi connectivity index (χ1) is 11.2. The molecular formula is C19H20N2OS. The summed E-state index contributed by atoms with van der Waals surface area (Å²) >= 11 is 1.69. The molecule has 1 heterocycles. The largest absolute Gasteiger partial charge is 0.494 e. The van der Waals surface area contributed by atoms with Gasteiger partial charge >= 0.3 is 0 Å². The van der Waals surface area contributed by atoms with Gasteiger partial charge in [0, 0.05) is 23.1 Å². The maximum Gasteiger partial charge on any atom is 0.119 e. The molecule has 1 aromatic heterocycles. The van der Waals surface area contributed by atoms with Crippen LogP contribution in [-0.2, 0) is 6.42 Å². The smallest absolute Gasteiger partial charge is 0.119 e. The number of nitrogen functional groups attached to an aromatic ring is 1. The van der Waals surface area contributed by atoms with Crippen molar-refractivity contribution in [2.24, 2.45) is 0 Å². The van der Waals surface area contributed by atoms with Crippen molar-refractivity contribution < 1.29 is 4.74 Å². The van der Waals surface area contributed by atoms with Gasteiger partial charge in [-0.15, -0.1) is 11.3 Å². The van der Waals surface area contributed by atoms with E-state index in [0.29, 0.717) is 6.61 Å². The number of rotatable bonds is 6. The predicted octanol–water partition coefficient (Wildman–Crippen LogP) is 4.71. The van der Waals surface area contributed by atoms with Crippen molar-refractivity contribution in [3.63, 3.8) is 0 Å². The maximum absolute atomic E-state index is 5.82. The van der Waals surface area contributed by atoms with Crippen LogP contribution < -0.4 is 10.5 Å². The highest BCUT2D eigenvalue weighted by atomic mass is 32.1. The Kier molecular flexibility index (Phi) is 4.93. The van der Waals surface area contributed by atoms with Crippen LogP contribution in [0, 0.1) is 6.92 Å². The van der Waals surface area contributed by atoms with Gasteiger partial charge in [0.15, 0.2) is 0 Å². The minimum absolute atomic E-state index is 0.705. The Morgan fingerprint density at radius 1 is 1.13 bits per heavy atom. The third kappa shape index (κ3) is 4.33. The number of hydrogen-bond donors (Lipinski definition) is 1. The van der Waals surface area contributed by atoms with Gasteiger partial charge in [-0.1, -0.05) is 29.8 Å². The molecule has 3 rings (SSSR count). The van der Waals surface area contributed by atoms with Crippen molar-refractivity contribution in [1.29, 1.82) is 0 Å². The van der Waals surface area contributed by atoms with Crippen LogP contribution in [0.1, 0.15) is 17.0 Å². The minimum Gasteiger partial charge on any atom is -0.494 e. The zero-order chi connectivity index (χ0) is 16.1. The van der Waals surface area contributed by atoms with E-state index in [4.69, 9.17) is 10.5 Å². The van der Waals surface area contributed by atoms with Gasteiger partial charge in [0.2, 0.25) is 0 Å². The summed E-state index contributed by atoms with van der Waals surface area (Å²) < 4.78 is 5.75. The number of thiazole rings is 1. The molecule has 0 bridgehead atoms. The topological polar surface area (TPSA) is 48.1 Å². The second-order valence-corrected chi connectivity index (χ2v) is 6.46. The number of benzene rings is 2. The summed E-state index contributed by atoms with van der Waals surface area (Å²) in [7, 11) is 0. The highest BCUT2D eigenvalue weighted by molar-refractivity contribution is 7.09. The van der Waals surface area contributed by atoms with Crippen LogP contribution in [0.15, 0.2) is 53.9 Å². The molecule has 0 saturated heterocycles. The predicted molar refractivity (Wildman–Crippen MR) is 97.0 cm³/mol. The van der Waals surface area contributed by atoms with E-state index in [1.54, 1.807) is 11.3 Å². The monoisotopic (exact) mass is 324 g/mol. The summed E-state index contributed by atoms with van der Waals surface area (Å²) in [4.78, 5) is 4.69. The lowest BCUT2D eigenvalue weighted by Crippen LogP contribution is -1.99. The van der Waals surface area contributed by atoms with Crippen LogP contribution in [0.25, 0.3) is 11.3 Å². The van der Waals surface area contributed by atoms with E-state index in [0.717, 1.165) is 40.5 Å². The first-order valence-electron chi connectivity index (χ1n) is 7.70. The van der Waals surface area contributed by atoms with Crippen LogP contribution >= 0.6 is 11.3 Å². The van der Waals surface area contributed by atoms with Crippen LogP contribution in [0.5, 0.6) is 5.75 Å².